The van der Waals surface area contributed by atoms with Gasteiger partial charge >= 0.3 is 0 Å². The molecule has 5 rings (SSSR count). The van der Waals surface area contributed by atoms with Gasteiger partial charge in [0.1, 0.15) is 11.7 Å². The zero-order valence-corrected chi connectivity index (χ0v) is 22.8. The molecule has 1 aromatic heterocycles. The van der Waals surface area contributed by atoms with E-state index in [2.05, 4.69) is 63.8 Å². The number of benzene rings is 3. The predicted molar refractivity (Wildman–Crippen MR) is 153 cm³/mol. The third-order valence-electron chi connectivity index (χ3n) is 6.88. The summed E-state index contributed by atoms with van der Waals surface area (Å²) in [6.45, 7) is 12.0. The molecule has 0 amide bonds. The van der Waals surface area contributed by atoms with E-state index in [4.69, 9.17) is 21.6 Å². The Hall–Kier alpha value is -3.44. The van der Waals surface area contributed by atoms with Crippen LogP contribution in [0.4, 0.5) is 0 Å². The second-order valence-electron chi connectivity index (χ2n) is 10.9. The summed E-state index contributed by atoms with van der Waals surface area (Å²) in [5, 5.41) is 1.14. The van der Waals surface area contributed by atoms with Crippen molar-refractivity contribution < 1.29 is 0 Å². The van der Waals surface area contributed by atoms with Gasteiger partial charge in [-0.15, -0.1) is 0 Å². The van der Waals surface area contributed by atoms with Crippen LogP contribution in [0.25, 0.3) is 10.9 Å². The van der Waals surface area contributed by atoms with Crippen LogP contribution in [0.5, 0.6) is 0 Å². The van der Waals surface area contributed by atoms with Crippen molar-refractivity contribution in [3.8, 4) is 0 Å². The molecule has 3 aromatic carbocycles. The van der Waals surface area contributed by atoms with Crippen molar-refractivity contribution in [2.45, 2.75) is 52.7 Å². The number of rotatable bonds is 6. The second-order valence-corrected chi connectivity index (χ2v) is 11.4. The van der Waals surface area contributed by atoms with Gasteiger partial charge in [0, 0.05) is 17.1 Å². The molecule has 1 atom stereocenters. The smallest absolute Gasteiger partial charge is 0.261 e. The first-order chi connectivity index (χ1) is 17.6. The van der Waals surface area contributed by atoms with Gasteiger partial charge in [-0.3, -0.25) is 14.4 Å². The summed E-state index contributed by atoms with van der Waals surface area (Å²) in [4.78, 5) is 26.6. The lowest BCUT2D eigenvalue weighted by Gasteiger charge is -2.35. The molecule has 0 N–H and O–H groups in total. The van der Waals surface area contributed by atoms with Crippen LogP contribution in [0.2, 0.25) is 5.02 Å². The van der Waals surface area contributed by atoms with Crippen molar-refractivity contribution in [1.82, 2.24) is 14.5 Å². The van der Waals surface area contributed by atoms with E-state index < -0.39 is 0 Å². The third-order valence-corrected chi connectivity index (χ3v) is 7.11. The first-order valence-electron chi connectivity index (χ1n) is 12.8. The van der Waals surface area contributed by atoms with Crippen LogP contribution >= 0.6 is 11.6 Å². The maximum Gasteiger partial charge on any atom is 0.261 e. The summed E-state index contributed by atoms with van der Waals surface area (Å²) in [5.41, 5.74) is 3.62. The number of amidine groups is 1. The van der Waals surface area contributed by atoms with Gasteiger partial charge in [0.15, 0.2) is 0 Å². The highest BCUT2D eigenvalue weighted by Gasteiger charge is 2.39. The zero-order chi connectivity index (χ0) is 26.3. The third kappa shape index (κ3) is 5.05. The maximum atomic E-state index is 14.0. The highest BCUT2D eigenvalue weighted by atomic mass is 35.5. The lowest BCUT2D eigenvalue weighted by Crippen LogP contribution is -2.42. The minimum atomic E-state index is -0.267. The van der Waals surface area contributed by atoms with Crippen LogP contribution in [0.15, 0.2) is 82.6 Å². The van der Waals surface area contributed by atoms with Gasteiger partial charge in [0.2, 0.25) is 0 Å². The fraction of sp³-hybridized carbons (Fsp3) is 0.323. The van der Waals surface area contributed by atoms with Crippen molar-refractivity contribution in [2.24, 2.45) is 10.9 Å². The van der Waals surface area contributed by atoms with E-state index in [9.17, 15) is 4.79 Å². The van der Waals surface area contributed by atoms with Crippen LogP contribution in [0, 0.1) is 12.8 Å². The summed E-state index contributed by atoms with van der Waals surface area (Å²) >= 11 is 6.34. The standard InChI is InChI=1S/C31H33ClN4O/c1-20(2)27(36-19-31(4,5)34-28(36)23-13-9-10-21(3)16-23)29-33-26-17-24(32)14-15-25(26)30(37)35(29)18-22-11-7-6-8-12-22/h6-17,20,27H,18-19H2,1-5H3. The van der Waals surface area contributed by atoms with Crippen LogP contribution < -0.4 is 5.56 Å². The van der Waals surface area contributed by atoms with Gasteiger partial charge < -0.3 is 4.90 Å². The number of aryl methyl sites for hydroxylation is 1. The molecule has 4 aromatic rings. The van der Waals surface area contributed by atoms with E-state index >= 15 is 0 Å². The van der Waals surface area contributed by atoms with E-state index in [0.717, 1.165) is 29.3 Å². The average molecular weight is 513 g/mol. The Kier molecular flexibility index (Phi) is 6.67. The van der Waals surface area contributed by atoms with E-state index in [1.165, 1.54) is 5.56 Å². The first-order valence-corrected chi connectivity index (χ1v) is 13.2. The quantitative estimate of drug-likeness (QED) is 0.291. The summed E-state index contributed by atoms with van der Waals surface area (Å²) in [6, 6.07) is 23.7. The van der Waals surface area contributed by atoms with Gasteiger partial charge in [-0.1, -0.05) is 79.5 Å². The van der Waals surface area contributed by atoms with Gasteiger partial charge in [-0.2, -0.15) is 0 Å². The lowest BCUT2D eigenvalue weighted by atomic mass is 9.97. The Bertz CT molecular complexity index is 1540. The van der Waals surface area contributed by atoms with E-state index in [0.29, 0.717) is 22.5 Å². The Labute approximate surface area is 223 Å². The minimum absolute atomic E-state index is 0.0568. The van der Waals surface area contributed by atoms with Crippen molar-refractivity contribution in [2.75, 3.05) is 6.54 Å². The summed E-state index contributed by atoms with van der Waals surface area (Å²) in [7, 11) is 0. The first kappa shape index (κ1) is 25.2. The Morgan fingerprint density at radius 3 is 2.46 bits per heavy atom. The molecule has 0 aliphatic carbocycles. The summed E-state index contributed by atoms with van der Waals surface area (Å²) < 4.78 is 1.84. The Morgan fingerprint density at radius 1 is 1.00 bits per heavy atom. The topological polar surface area (TPSA) is 50.5 Å². The van der Waals surface area contributed by atoms with E-state index in [1.807, 2.05) is 34.9 Å². The normalized spacial score (nSPS) is 15.9. The SMILES string of the molecule is Cc1cccc(C2=NC(C)(C)CN2C(c2nc3cc(Cl)ccc3c(=O)n2Cc2ccccc2)C(C)C)c1. The van der Waals surface area contributed by atoms with E-state index in [-0.39, 0.29) is 23.1 Å². The molecule has 190 valence electrons. The van der Waals surface area contributed by atoms with Crippen molar-refractivity contribution in [1.29, 1.82) is 0 Å². The predicted octanol–water partition coefficient (Wildman–Crippen LogP) is 6.64. The van der Waals surface area contributed by atoms with Crippen molar-refractivity contribution >= 4 is 28.3 Å². The second kappa shape index (κ2) is 9.79. The van der Waals surface area contributed by atoms with Crippen molar-refractivity contribution in [3.05, 3.63) is 111 Å². The molecule has 2 heterocycles. The molecular weight excluding hydrogens is 480 g/mol. The molecule has 5 nitrogen and oxygen atoms in total. The zero-order valence-electron chi connectivity index (χ0n) is 22.1. The number of hydrogen-bond donors (Lipinski definition) is 0. The molecular formula is C31H33ClN4O. The summed E-state index contributed by atoms with van der Waals surface area (Å²) in [5.74, 6) is 1.84. The van der Waals surface area contributed by atoms with Crippen LogP contribution in [-0.2, 0) is 6.54 Å². The molecule has 0 saturated carbocycles. The Morgan fingerprint density at radius 2 is 1.76 bits per heavy atom. The summed E-state index contributed by atoms with van der Waals surface area (Å²) in [6.07, 6.45) is 0. The highest BCUT2D eigenvalue weighted by molar-refractivity contribution is 6.31. The molecule has 1 aliphatic heterocycles. The van der Waals surface area contributed by atoms with Crippen LogP contribution in [0.3, 0.4) is 0 Å². The highest BCUT2D eigenvalue weighted by Crippen LogP contribution is 2.36. The molecule has 37 heavy (non-hydrogen) atoms. The Balaban J connectivity index is 1.73. The number of hydrogen-bond acceptors (Lipinski definition) is 4. The van der Waals surface area contributed by atoms with Gasteiger partial charge in [-0.25, -0.2) is 4.98 Å². The fourth-order valence-electron chi connectivity index (χ4n) is 5.28. The molecule has 1 unspecified atom stereocenters. The number of aliphatic imine (C=N–C) groups is 1. The monoisotopic (exact) mass is 512 g/mol. The molecule has 0 spiro atoms. The molecule has 0 saturated heterocycles. The number of fused-ring (bicyclic) bond motifs is 1. The average Bonchev–Trinajstić information content (AvgIpc) is 3.16. The van der Waals surface area contributed by atoms with E-state index in [1.54, 1.807) is 18.2 Å². The van der Waals surface area contributed by atoms with Gasteiger partial charge in [0.25, 0.3) is 5.56 Å². The van der Waals surface area contributed by atoms with Gasteiger partial charge in [0.05, 0.1) is 29.0 Å². The molecule has 6 heteroatoms. The maximum absolute atomic E-state index is 14.0. The van der Waals surface area contributed by atoms with Gasteiger partial charge in [-0.05, 0) is 56.5 Å². The number of nitrogens with zero attached hydrogens (tertiary/aromatic N) is 4. The van der Waals surface area contributed by atoms with Crippen LogP contribution in [-0.4, -0.2) is 32.4 Å². The number of aromatic nitrogens is 2. The van der Waals surface area contributed by atoms with Crippen molar-refractivity contribution in [3.63, 3.8) is 0 Å². The fourth-order valence-corrected chi connectivity index (χ4v) is 5.44. The minimum Gasteiger partial charge on any atom is -0.344 e. The molecule has 0 fully saturated rings. The largest absolute Gasteiger partial charge is 0.344 e. The lowest BCUT2D eigenvalue weighted by molar-refractivity contribution is 0.225. The molecule has 1 aliphatic rings. The molecule has 0 radical (unpaired) electrons. The molecule has 0 bridgehead atoms. The van der Waals surface area contributed by atoms with Crippen LogP contribution in [0.1, 0.15) is 56.3 Å². The number of halogens is 1.